The first-order chi connectivity index (χ1) is 7.54. The van der Waals surface area contributed by atoms with E-state index in [1.807, 2.05) is 6.07 Å². The molecule has 0 saturated heterocycles. The molecule has 3 N–H and O–H groups in total. The molecule has 3 heteroatoms. The van der Waals surface area contributed by atoms with E-state index < -0.39 is 0 Å². The molecule has 0 fully saturated rings. The molecule has 0 spiro atoms. The summed E-state index contributed by atoms with van der Waals surface area (Å²) in [6.07, 6.45) is 0.968. The average molecular weight is 285 g/mol. The van der Waals surface area contributed by atoms with Gasteiger partial charge in [0.15, 0.2) is 0 Å². The minimum absolute atomic E-state index is 0.328. The van der Waals surface area contributed by atoms with Gasteiger partial charge >= 0.3 is 0 Å². The van der Waals surface area contributed by atoms with Crippen molar-refractivity contribution < 1.29 is 0 Å². The monoisotopic (exact) mass is 284 g/mol. The fraction of sp³-hybridized carbons (Fsp3) is 0.538. The van der Waals surface area contributed by atoms with E-state index in [1.54, 1.807) is 0 Å². The molecule has 1 aromatic rings. The third kappa shape index (κ3) is 3.89. The molecular formula is C13H21BrN2. The van der Waals surface area contributed by atoms with Gasteiger partial charge in [-0.25, -0.2) is 0 Å². The fourth-order valence-electron chi connectivity index (χ4n) is 1.78. The molecule has 2 unspecified atom stereocenters. The number of rotatable bonds is 5. The van der Waals surface area contributed by atoms with Crippen LogP contribution in [-0.4, -0.2) is 6.04 Å². The highest BCUT2D eigenvalue weighted by atomic mass is 79.9. The van der Waals surface area contributed by atoms with Crippen LogP contribution in [0.3, 0.4) is 0 Å². The van der Waals surface area contributed by atoms with E-state index in [0.717, 1.165) is 10.9 Å². The summed E-state index contributed by atoms with van der Waals surface area (Å²) in [5, 5.41) is 0. The van der Waals surface area contributed by atoms with Gasteiger partial charge in [-0.05, 0) is 36.0 Å². The Balaban J connectivity index is 2.70. The summed E-state index contributed by atoms with van der Waals surface area (Å²) in [5.74, 6) is 6.83. The molecule has 2 nitrogen and oxygen atoms in total. The van der Waals surface area contributed by atoms with Gasteiger partial charge in [0.2, 0.25) is 0 Å². The number of nitrogens with two attached hydrogens (primary N) is 1. The van der Waals surface area contributed by atoms with E-state index in [9.17, 15) is 0 Å². The van der Waals surface area contributed by atoms with Gasteiger partial charge in [0.05, 0.1) is 0 Å². The van der Waals surface area contributed by atoms with Gasteiger partial charge in [-0.15, -0.1) is 0 Å². The predicted molar refractivity (Wildman–Crippen MR) is 73.0 cm³/mol. The summed E-state index contributed by atoms with van der Waals surface area (Å²) in [7, 11) is 0. The third-order valence-corrected chi connectivity index (χ3v) is 3.74. The summed E-state index contributed by atoms with van der Waals surface area (Å²) in [6, 6.07) is 8.72. The summed E-state index contributed by atoms with van der Waals surface area (Å²) < 4.78 is 1.12. The molecule has 0 amide bonds. The lowest BCUT2D eigenvalue weighted by Gasteiger charge is -2.26. The maximum Gasteiger partial charge on any atom is 0.0278 e. The number of nitrogens with one attached hydrogen (secondary N) is 1. The van der Waals surface area contributed by atoms with Crippen LogP contribution in [0.2, 0.25) is 0 Å². The van der Waals surface area contributed by atoms with Crippen molar-refractivity contribution in [1.29, 1.82) is 0 Å². The lowest BCUT2D eigenvalue weighted by Crippen LogP contribution is -2.43. The van der Waals surface area contributed by atoms with Gasteiger partial charge < -0.3 is 0 Å². The topological polar surface area (TPSA) is 38.0 Å². The summed E-state index contributed by atoms with van der Waals surface area (Å²) in [6.45, 7) is 6.71. The molecule has 0 aliphatic heterocycles. The van der Waals surface area contributed by atoms with Crippen LogP contribution in [0.5, 0.6) is 0 Å². The van der Waals surface area contributed by atoms with Crippen LogP contribution in [0, 0.1) is 11.8 Å². The highest BCUT2D eigenvalue weighted by Crippen LogP contribution is 2.19. The van der Waals surface area contributed by atoms with E-state index in [0.29, 0.717) is 17.9 Å². The van der Waals surface area contributed by atoms with Gasteiger partial charge in [-0.3, -0.25) is 11.3 Å². The number of hydrogen-bond acceptors (Lipinski definition) is 2. The molecule has 0 aromatic heterocycles. The quantitative estimate of drug-likeness (QED) is 0.644. The molecular weight excluding hydrogens is 264 g/mol. The molecule has 0 radical (unpaired) electrons. The molecule has 16 heavy (non-hydrogen) atoms. The van der Waals surface area contributed by atoms with E-state index >= 15 is 0 Å². The Morgan fingerprint density at radius 1 is 1.31 bits per heavy atom. The molecule has 0 saturated carbocycles. The van der Waals surface area contributed by atoms with Gasteiger partial charge in [0, 0.05) is 10.5 Å². The first kappa shape index (κ1) is 13.7. The van der Waals surface area contributed by atoms with Crippen molar-refractivity contribution in [2.75, 3.05) is 0 Å². The average Bonchev–Trinajstić information content (AvgIpc) is 2.25. The second kappa shape index (κ2) is 6.38. The van der Waals surface area contributed by atoms with Crippen LogP contribution < -0.4 is 11.3 Å². The van der Waals surface area contributed by atoms with Crippen LogP contribution in [0.4, 0.5) is 0 Å². The van der Waals surface area contributed by atoms with E-state index in [-0.39, 0.29) is 0 Å². The van der Waals surface area contributed by atoms with E-state index in [4.69, 9.17) is 5.84 Å². The molecule has 90 valence electrons. The van der Waals surface area contributed by atoms with Crippen LogP contribution in [0.15, 0.2) is 28.7 Å². The maximum absolute atomic E-state index is 5.64. The van der Waals surface area contributed by atoms with Gasteiger partial charge in [0.1, 0.15) is 0 Å². The highest BCUT2D eigenvalue weighted by Gasteiger charge is 2.19. The zero-order valence-corrected chi connectivity index (χ0v) is 11.8. The molecule has 0 aliphatic carbocycles. The van der Waals surface area contributed by atoms with Gasteiger partial charge in [0.25, 0.3) is 0 Å². The Bertz CT molecular complexity index is 325. The Labute approximate surface area is 107 Å². The van der Waals surface area contributed by atoms with E-state index in [2.05, 4.69) is 60.3 Å². The molecule has 0 bridgehead atoms. The van der Waals surface area contributed by atoms with Crippen LogP contribution in [0.25, 0.3) is 0 Å². The van der Waals surface area contributed by atoms with Crippen molar-refractivity contribution in [1.82, 2.24) is 5.43 Å². The largest absolute Gasteiger partial charge is 0.271 e. The van der Waals surface area contributed by atoms with Crippen molar-refractivity contribution in [2.45, 2.75) is 33.2 Å². The number of hydrogen-bond donors (Lipinski definition) is 2. The predicted octanol–water partition coefficient (Wildman–Crippen LogP) is 3.12. The lowest BCUT2D eigenvalue weighted by molar-refractivity contribution is 0.299. The van der Waals surface area contributed by atoms with Crippen LogP contribution >= 0.6 is 15.9 Å². The van der Waals surface area contributed by atoms with Crippen molar-refractivity contribution in [3.63, 3.8) is 0 Å². The molecule has 0 heterocycles. The number of benzene rings is 1. The van der Waals surface area contributed by atoms with Crippen molar-refractivity contribution in [3.8, 4) is 0 Å². The number of hydrazine groups is 1. The molecule has 2 atom stereocenters. The normalized spacial score (nSPS) is 15.1. The Kier molecular flexibility index (Phi) is 5.46. The standard InChI is InChI=1S/C13H21BrN2/c1-9(2)10(3)13(16-15)8-11-5-4-6-12(14)7-11/h4-7,9-10,13,16H,8,15H2,1-3H3. The van der Waals surface area contributed by atoms with Crippen LogP contribution in [-0.2, 0) is 6.42 Å². The zero-order valence-electron chi connectivity index (χ0n) is 10.2. The van der Waals surface area contributed by atoms with Gasteiger partial charge in [-0.2, -0.15) is 0 Å². The Hall–Kier alpha value is -0.380. The second-order valence-electron chi connectivity index (χ2n) is 4.71. The zero-order chi connectivity index (χ0) is 12.1. The van der Waals surface area contributed by atoms with Crippen LogP contribution in [0.1, 0.15) is 26.3 Å². The highest BCUT2D eigenvalue weighted by molar-refractivity contribution is 9.10. The smallest absolute Gasteiger partial charge is 0.0278 e. The molecule has 1 aromatic carbocycles. The first-order valence-corrected chi connectivity index (χ1v) is 6.54. The van der Waals surface area contributed by atoms with Crippen molar-refractivity contribution in [2.24, 2.45) is 17.7 Å². The van der Waals surface area contributed by atoms with Crippen molar-refractivity contribution >= 4 is 15.9 Å². The summed E-state index contributed by atoms with van der Waals surface area (Å²) in [5.41, 5.74) is 4.25. The Morgan fingerprint density at radius 3 is 2.50 bits per heavy atom. The number of halogens is 1. The molecule has 1 rings (SSSR count). The Morgan fingerprint density at radius 2 is 2.00 bits per heavy atom. The lowest BCUT2D eigenvalue weighted by atomic mass is 9.87. The summed E-state index contributed by atoms with van der Waals surface area (Å²) >= 11 is 3.49. The SMILES string of the molecule is CC(C)C(C)C(Cc1cccc(Br)c1)NN. The minimum atomic E-state index is 0.328. The first-order valence-electron chi connectivity index (χ1n) is 5.75. The third-order valence-electron chi connectivity index (χ3n) is 3.24. The second-order valence-corrected chi connectivity index (χ2v) is 5.63. The maximum atomic E-state index is 5.64. The van der Waals surface area contributed by atoms with E-state index in [1.165, 1.54) is 5.56 Å². The van der Waals surface area contributed by atoms with Gasteiger partial charge in [-0.1, -0.05) is 48.8 Å². The minimum Gasteiger partial charge on any atom is -0.271 e. The fourth-order valence-corrected chi connectivity index (χ4v) is 2.23. The molecule has 0 aliphatic rings. The summed E-state index contributed by atoms with van der Waals surface area (Å²) in [4.78, 5) is 0. The van der Waals surface area contributed by atoms with Crippen molar-refractivity contribution in [3.05, 3.63) is 34.3 Å².